The lowest BCUT2D eigenvalue weighted by molar-refractivity contribution is 0.289. The number of rotatable bonds is 8. The first kappa shape index (κ1) is 14.1. The number of anilines is 2. The molecule has 106 valence electrons. The summed E-state index contributed by atoms with van der Waals surface area (Å²) in [5, 5.41) is 6.55. The summed E-state index contributed by atoms with van der Waals surface area (Å²) in [5.74, 6) is 1.62. The van der Waals surface area contributed by atoms with Crippen molar-refractivity contribution in [2.45, 2.75) is 39.7 Å². The van der Waals surface area contributed by atoms with E-state index >= 15 is 0 Å². The molecule has 0 aliphatic heterocycles. The Balaban J connectivity index is 1.84. The first-order valence-corrected chi connectivity index (χ1v) is 7.30. The number of nitrogens with one attached hydrogen (secondary N) is 2. The molecule has 2 rings (SSSR count). The summed E-state index contributed by atoms with van der Waals surface area (Å²) in [6.07, 6.45) is 2.73. The maximum atomic E-state index is 4.45. The lowest BCUT2D eigenvalue weighted by Crippen LogP contribution is -2.31. The summed E-state index contributed by atoms with van der Waals surface area (Å²) in [6.45, 7) is 10.3. The molecule has 0 radical (unpaired) electrons. The predicted molar refractivity (Wildman–Crippen MR) is 79.7 cm³/mol. The zero-order valence-corrected chi connectivity index (χ0v) is 12.2. The van der Waals surface area contributed by atoms with E-state index in [4.69, 9.17) is 0 Å². The van der Waals surface area contributed by atoms with Crippen molar-refractivity contribution in [2.24, 2.45) is 0 Å². The molecule has 0 amide bonds. The highest BCUT2D eigenvalue weighted by molar-refractivity contribution is 5.42. The number of hydrogen-bond acceptors (Lipinski definition) is 5. The minimum atomic E-state index is 0.708. The van der Waals surface area contributed by atoms with Gasteiger partial charge in [-0.25, -0.2) is 4.98 Å². The fraction of sp³-hybridized carbons (Fsp3) is 0.714. The first-order chi connectivity index (χ1) is 9.22. The summed E-state index contributed by atoms with van der Waals surface area (Å²) in [6, 6.07) is 2.82. The molecule has 5 heteroatoms. The summed E-state index contributed by atoms with van der Waals surface area (Å²) in [4.78, 5) is 11.3. The van der Waals surface area contributed by atoms with Crippen LogP contribution in [0.4, 0.5) is 11.8 Å². The third-order valence-electron chi connectivity index (χ3n) is 3.36. The molecule has 1 saturated carbocycles. The number of aromatic nitrogens is 2. The second-order valence-corrected chi connectivity index (χ2v) is 5.04. The number of nitrogens with zero attached hydrogens (tertiary/aromatic N) is 3. The van der Waals surface area contributed by atoms with Crippen molar-refractivity contribution in [2.75, 3.05) is 36.8 Å². The molecule has 1 aromatic rings. The van der Waals surface area contributed by atoms with Gasteiger partial charge in [-0.3, -0.25) is 4.90 Å². The molecule has 0 saturated heterocycles. The molecule has 0 unspecified atom stereocenters. The minimum Gasteiger partial charge on any atom is -0.369 e. The highest BCUT2D eigenvalue weighted by atomic mass is 15.2. The highest BCUT2D eigenvalue weighted by Gasteiger charge is 2.27. The van der Waals surface area contributed by atoms with Crippen molar-refractivity contribution in [3.8, 4) is 0 Å². The standard InChI is InChI=1S/C14H25N5/c1-4-15-14-17-11(3)10-13(18-14)16-8-9-19(5-2)12-6-7-12/h10,12H,4-9H2,1-3H3,(H2,15,16,17,18). The van der Waals surface area contributed by atoms with Crippen LogP contribution in [0, 0.1) is 6.92 Å². The fourth-order valence-corrected chi connectivity index (χ4v) is 2.26. The van der Waals surface area contributed by atoms with Crippen molar-refractivity contribution >= 4 is 11.8 Å². The van der Waals surface area contributed by atoms with Crippen molar-refractivity contribution < 1.29 is 0 Å². The van der Waals surface area contributed by atoms with E-state index < -0.39 is 0 Å². The maximum absolute atomic E-state index is 4.45. The smallest absolute Gasteiger partial charge is 0.224 e. The van der Waals surface area contributed by atoms with Gasteiger partial charge in [-0.15, -0.1) is 0 Å². The zero-order chi connectivity index (χ0) is 13.7. The van der Waals surface area contributed by atoms with E-state index in [-0.39, 0.29) is 0 Å². The zero-order valence-electron chi connectivity index (χ0n) is 12.2. The third-order valence-corrected chi connectivity index (χ3v) is 3.36. The van der Waals surface area contributed by atoms with Crippen molar-refractivity contribution in [1.29, 1.82) is 0 Å². The third kappa shape index (κ3) is 4.35. The molecule has 19 heavy (non-hydrogen) atoms. The van der Waals surface area contributed by atoms with Crippen molar-refractivity contribution in [1.82, 2.24) is 14.9 Å². The summed E-state index contributed by atoms with van der Waals surface area (Å²) in [5.41, 5.74) is 0.989. The molecule has 0 spiro atoms. The molecule has 0 atom stereocenters. The van der Waals surface area contributed by atoms with E-state index in [1.807, 2.05) is 19.9 Å². The molecule has 2 N–H and O–H groups in total. The minimum absolute atomic E-state index is 0.708. The maximum Gasteiger partial charge on any atom is 0.224 e. The van der Waals surface area contributed by atoms with Gasteiger partial charge in [0, 0.05) is 37.4 Å². The van der Waals surface area contributed by atoms with E-state index in [0.717, 1.165) is 43.7 Å². The SMILES string of the molecule is CCNc1nc(C)cc(NCCN(CC)C2CC2)n1. The van der Waals surface area contributed by atoms with Gasteiger partial charge in [0.25, 0.3) is 0 Å². The summed E-state index contributed by atoms with van der Waals surface area (Å²) in [7, 11) is 0. The molecule has 1 heterocycles. The summed E-state index contributed by atoms with van der Waals surface area (Å²) < 4.78 is 0. The van der Waals surface area contributed by atoms with E-state index in [0.29, 0.717) is 5.95 Å². The number of aryl methyl sites for hydroxylation is 1. The molecule has 1 aliphatic rings. The van der Waals surface area contributed by atoms with Crippen LogP contribution in [0.5, 0.6) is 0 Å². The van der Waals surface area contributed by atoms with Crippen LogP contribution in [-0.2, 0) is 0 Å². The monoisotopic (exact) mass is 263 g/mol. The van der Waals surface area contributed by atoms with Crippen LogP contribution in [0.15, 0.2) is 6.07 Å². The highest BCUT2D eigenvalue weighted by Crippen LogP contribution is 2.25. The average molecular weight is 263 g/mol. The Morgan fingerprint density at radius 1 is 1.26 bits per heavy atom. The quantitative estimate of drug-likeness (QED) is 0.752. The van der Waals surface area contributed by atoms with E-state index in [1.54, 1.807) is 0 Å². The molecule has 0 bridgehead atoms. The normalized spacial score (nSPS) is 14.7. The Kier molecular flexibility index (Phi) is 4.96. The van der Waals surface area contributed by atoms with Gasteiger partial charge in [0.2, 0.25) is 5.95 Å². The second kappa shape index (κ2) is 6.70. The molecule has 5 nitrogen and oxygen atoms in total. The number of likely N-dealkylation sites (N-methyl/N-ethyl adjacent to an activating group) is 1. The van der Waals surface area contributed by atoms with Crippen LogP contribution in [-0.4, -0.2) is 47.1 Å². The first-order valence-electron chi connectivity index (χ1n) is 7.30. The van der Waals surface area contributed by atoms with Crippen LogP contribution in [0.1, 0.15) is 32.4 Å². The van der Waals surface area contributed by atoms with Gasteiger partial charge in [-0.1, -0.05) is 6.92 Å². The molecule has 0 aromatic carbocycles. The van der Waals surface area contributed by atoms with Gasteiger partial charge in [-0.2, -0.15) is 4.98 Å². The van der Waals surface area contributed by atoms with Gasteiger partial charge >= 0.3 is 0 Å². The van der Waals surface area contributed by atoms with E-state index in [1.165, 1.54) is 12.8 Å². The fourth-order valence-electron chi connectivity index (χ4n) is 2.26. The van der Waals surface area contributed by atoms with E-state index in [9.17, 15) is 0 Å². The summed E-state index contributed by atoms with van der Waals surface area (Å²) >= 11 is 0. The molecule has 1 aliphatic carbocycles. The van der Waals surface area contributed by atoms with Crippen LogP contribution in [0.25, 0.3) is 0 Å². The van der Waals surface area contributed by atoms with Gasteiger partial charge in [-0.05, 0) is 33.2 Å². The lowest BCUT2D eigenvalue weighted by Gasteiger charge is -2.20. The Morgan fingerprint density at radius 2 is 2.05 bits per heavy atom. The second-order valence-electron chi connectivity index (χ2n) is 5.04. The van der Waals surface area contributed by atoms with Gasteiger partial charge in [0.15, 0.2) is 0 Å². The topological polar surface area (TPSA) is 53.1 Å². The molecular weight excluding hydrogens is 238 g/mol. The average Bonchev–Trinajstić information content (AvgIpc) is 3.19. The van der Waals surface area contributed by atoms with Crippen molar-refractivity contribution in [3.63, 3.8) is 0 Å². The van der Waals surface area contributed by atoms with Crippen LogP contribution >= 0.6 is 0 Å². The number of hydrogen-bond donors (Lipinski definition) is 2. The predicted octanol–water partition coefficient (Wildman–Crippen LogP) is 2.11. The van der Waals surface area contributed by atoms with E-state index in [2.05, 4.69) is 32.4 Å². The van der Waals surface area contributed by atoms with Crippen LogP contribution in [0.3, 0.4) is 0 Å². The van der Waals surface area contributed by atoms with Crippen LogP contribution in [0.2, 0.25) is 0 Å². The molecule has 1 fully saturated rings. The Labute approximate surface area is 115 Å². The molecule has 1 aromatic heterocycles. The molecular formula is C14H25N5. The van der Waals surface area contributed by atoms with Crippen LogP contribution < -0.4 is 10.6 Å². The largest absolute Gasteiger partial charge is 0.369 e. The van der Waals surface area contributed by atoms with Crippen molar-refractivity contribution in [3.05, 3.63) is 11.8 Å². The Morgan fingerprint density at radius 3 is 2.68 bits per heavy atom. The van der Waals surface area contributed by atoms with Gasteiger partial charge in [0.1, 0.15) is 5.82 Å². The van der Waals surface area contributed by atoms with Gasteiger partial charge in [0.05, 0.1) is 0 Å². The van der Waals surface area contributed by atoms with Gasteiger partial charge < -0.3 is 10.6 Å². The Bertz CT molecular complexity index is 403. The Hall–Kier alpha value is -1.36. The lowest BCUT2D eigenvalue weighted by atomic mass is 10.4.